The Balaban J connectivity index is 1.83. The van der Waals surface area contributed by atoms with E-state index in [-0.39, 0.29) is 17.9 Å². The summed E-state index contributed by atoms with van der Waals surface area (Å²) in [5, 5.41) is 52.3. The van der Waals surface area contributed by atoms with E-state index in [0.717, 1.165) is 12.1 Å². The smallest absolute Gasteiger partial charge is 0.394 e. The molecule has 1 aliphatic heterocycles. The molecule has 35 heavy (non-hydrogen) atoms. The molecule has 0 radical (unpaired) electrons. The molecule has 0 spiro atoms. The zero-order valence-electron chi connectivity index (χ0n) is 18.2. The first-order chi connectivity index (χ1) is 16.7. The molecule has 5 atom stereocenters. The van der Waals surface area contributed by atoms with Gasteiger partial charge in [-0.3, -0.25) is 0 Å². The molecule has 188 valence electrons. The van der Waals surface area contributed by atoms with E-state index in [1.54, 1.807) is 24.3 Å². The first-order valence-corrected chi connectivity index (χ1v) is 10.4. The van der Waals surface area contributed by atoms with Crippen LogP contribution in [0.3, 0.4) is 0 Å². The summed E-state index contributed by atoms with van der Waals surface area (Å²) in [6, 6.07) is 12.8. The van der Waals surface area contributed by atoms with Crippen LogP contribution in [0.1, 0.15) is 22.3 Å². The minimum Gasteiger partial charge on any atom is -0.394 e. The Hall–Kier alpha value is -3.05. The lowest BCUT2D eigenvalue weighted by molar-refractivity contribution is -0.297. The van der Waals surface area contributed by atoms with Crippen molar-refractivity contribution in [2.24, 2.45) is 5.16 Å². The normalized spacial score (nSPS) is 25.2. The van der Waals surface area contributed by atoms with Gasteiger partial charge in [0.05, 0.1) is 30.4 Å². The molecule has 0 aliphatic carbocycles. The molecule has 0 amide bonds. The van der Waals surface area contributed by atoms with Gasteiger partial charge in [-0.05, 0) is 18.2 Å². The van der Waals surface area contributed by atoms with Gasteiger partial charge in [0.1, 0.15) is 36.7 Å². The molecule has 12 heteroatoms. The maximum atomic E-state index is 13.2. The molecule has 9 nitrogen and oxygen atoms in total. The average molecular weight is 496 g/mol. The number of aliphatic hydroxyl groups is 4. The Morgan fingerprint density at radius 3 is 2.49 bits per heavy atom. The third kappa shape index (κ3) is 6.55. The van der Waals surface area contributed by atoms with E-state index < -0.39 is 55.7 Å². The lowest BCUT2D eigenvalue weighted by atomic mass is 9.99. The summed E-state index contributed by atoms with van der Waals surface area (Å²) in [5.74, 6) is 0. The predicted octanol–water partition coefficient (Wildman–Crippen LogP) is 1.31. The molecule has 0 aromatic heterocycles. The highest BCUT2D eigenvalue weighted by Gasteiger charge is 2.44. The standard InChI is InChI=1S/C23H23F3N2O7/c24-23(25,26)16-7-3-6-13(8-16)17(28-34-11-15-5-2-1-4-14(15)9-27)12-33-22-21(32)20(31)19(30)18(10-29)35-22/h1-8,18-22,29-32H,10-12H2/b28-17+/t18-,19-,20+,21-,22-/m1/s1. The maximum Gasteiger partial charge on any atom is 0.416 e. The Morgan fingerprint density at radius 1 is 1.06 bits per heavy atom. The van der Waals surface area contributed by atoms with Crippen LogP contribution in [-0.4, -0.2) is 70.1 Å². The topological polar surface area (TPSA) is 145 Å². The molecule has 0 saturated carbocycles. The fourth-order valence-corrected chi connectivity index (χ4v) is 3.34. The van der Waals surface area contributed by atoms with Crippen LogP contribution in [-0.2, 0) is 27.1 Å². The number of hydrogen-bond donors (Lipinski definition) is 4. The monoisotopic (exact) mass is 496 g/mol. The van der Waals surface area contributed by atoms with Crippen LogP contribution in [0.2, 0.25) is 0 Å². The quantitative estimate of drug-likeness (QED) is 0.316. The number of benzene rings is 2. The number of ether oxygens (including phenoxy) is 2. The molecule has 4 N–H and O–H groups in total. The molecule has 1 saturated heterocycles. The van der Waals surface area contributed by atoms with Gasteiger partial charge in [-0.15, -0.1) is 0 Å². The van der Waals surface area contributed by atoms with E-state index in [1.807, 2.05) is 6.07 Å². The first kappa shape index (κ1) is 26.6. The summed E-state index contributed by atoms with van der Waals surface area (Å²) in [4.78, 5) is 5.29. The molecule has 1 fully saturated rings. The van der Waals surface area contributed by atoms with Crippen LogP contribution in [0.4, 0.5) is 13.2 Å². The van der Waals surface area contributed by atoms with Gasteiger partial charge in [-0.25, -0.2) is 0 Å². The van der Waals surface area contributed by atoms with Crippen molar-refractivity contribution in [1.29, 1.82) is 5.26 Å². The van der Waals surface area contributed by atoms with Gasteiger partial charge in [0.15, 0.2) is 6.29 Å². The third-order valence-electron chi connectivity index (χ3n) is 5.29. The van der Waals surface area contributed by atoms with Crippen molar-refractivity contribution >= 4 is 5.71 Å². The number of nitriles is 1. The average Bonchev–Trinajstić information content (AvgIpc) is 2.85. The molecule has 2 aromatic rings. The van der Waals surface area contributed by atoms with E-state index in [9.17, 15) is 38.9 Å². The Bertz CT molecular complexity index is 1070. The van der Waals surface area contributed by atoms with E-state index in [4.69, 9.17) is 14.3 Å². The molecular formula is C23H23F3N2O7. The van der Waals surface area contributed by atoms with Gasteiger partial charge in [0, 0.05) is 11.1 Å². The van der Waals surface area contributed by atoms with Crippen LogP contribution in [0.5, 0.6) is 0 Å². The first-order valence-electron chi connectivity index (χ1n) is 10.4. The molecule has 1 aliphatic rings. The summed E-state index contributed by atoms with van der Waals surface area (Å²) in [6.07, 6.45) is -12.4. The van der Waals surface area contributed by atoms with Crippen LogP contribution in [0.15, 0.2) is 53.7 Å². The number of rotatable bonds is 8. The fraction of sp³-hybridized carbons (Fsp3) is 0.391. The number of hydrogen-bond acceptors (Lipinski definition) is 9. The number of halogens is 3. The van der Waals surface area contributed by atoms with Crippen LogP contribution < -0.4 is 0 Å². The maximum absolute atomic E-state index is 13.2. The second kappa shape index (κ2) is 11.6. The molecular weight excluding hydrogens is 473 g/mol. The van der Waals surface area contributed by atoms with Crippen LogP contribution in [0.25, 0.3) is 0 Å². The molecule has 0 unspecified atom stereocenters. The number of alkyl halides is 3. The van der Waals surface area contributed by atoms with E-state index in [2.05, 4.69) is 5.16 Å². The van der Waals surface area contributed by atoms with Gasteiger partial charge in [0.25, 0.3) is 0 Å². The van der Waals surface area contributed by atoms with Crippen molar-refractivity contribution in [3.05, 3.63) is 70.8 Å². The Labute approximate surface area is 198 Å². The number of aliphatic hydroxyl groups excluding tert-OH is 4. The number of oxime groups is 1. The van der Waals surface area contributed by atoms with Gasteiger partial charge in [0.2, 0.25) is 0 Å². The summed E-state index contributed by atoms with van der Waals surface area (Å²) >= 11 is 0. The second-order valence-electron chi connectivity index (χ2n) is 7.67. The lowest BCUT2D eigenvalue weighted by Crippen LogP contribution is -2.59. The van der Waals surface area contributed by atoms with E-state index >= 15 is 0 Å². The van der Waals surface area contributed by atoms with Crippen molar-refractivity contribution in [2.45, 2.75) is 43.5 Å². The van der Waals surface area contributed by atoms with Crippen molar-refractivity contribution < 1.29 is 47.9 Å². The van der Waals surface area contributed by atoms with Crippen molar-refractivity contribution in [3.63, 3.8) is 0 Å². The molecule has 3 rings (SSSR count). The summed E-state index contributed by atoms with van der Waals surface area (Å²) < 4.78 is 50.3. The van der Waals surface area contributed by atoms with Crippen LogP contribution >= 0.6 is 0 Å². The van der Waals surface area contributed by atoms with Crippen molar-refractivity contribution in [2.75, 3.05) is 13.2 Å². The van der Waals surface area contributed by atoms with Crippen molar-refractivity contribution in [3.8, 4) is 6.07 Å². The van der Waals surface area contributed by atoms with Gasteiger partial charge in [-0.2, -0.15) is 18.4 Å². The van der Waals surface area contributed by atoms with Crippen LogP contribution in [0, 0.1) is 11.3 Å². The Morgan fingerprint density at radius 2 is 1.80 bits per heavy atom. The molecule has 0 bridgehead atoms. The predicted molar refractivity (Wildman–Crippen MR) is 114 cm³/mol. The van der Waals surface area contributed by atoms with E-state index in [0.29, 0.717) is 11.1 Å². The highest BCUT2D eigenvalue weighted by Crippen LogP contribution is 2.30. The zero-order valence-corrected chi connectivity index (χ0v) is 18.2. The largest absolute Gasteiger partial charge is 0.416 e. The lowest BCUT2D eigenvalue weighted by Gasteiger charge is -2.39. The SMILES string of the molecule is N#Cc1ccccc1CO/N=C(\CO[C@@H]1O[C@H](CO)[C@@H](O)[C@H](O)[C@H]1O)c1cccc(C(F)(F)F)c1. The van der Waals surface area contributed by atoms with Gasteiger partial charge >= 0.3 is 6.18 Å². The highest BCUT2D eigenvalue weighted by atomic mass is 19.4. The summed E-state index contributed by atoms with van der Waals surface area (Å²) in [6.45, 7) is -1.36. The minimum absolute atomic E-state index is 0.00187. The van der Waals surface area contributed by atoms with Gasteiger partial charge < -0.3 is 34.7 Å². The summed E-state index contributed by atoms with van der Waals surface area (Å²) in [7, 11) is 0. The zero-order chi connectivity index (χ0) is 25.6. The second-order valence-corrected chi connectivity index (χ2v) is 7.67. The third-order valence-corrected chi connectivity index (χ3v) is 5.29. The molecule has 2 aromatic carbocycles. The highest BCUT2D eigenvalue weighted by molar-refractivity contribution is 6.01. The molecule has 1 heterocycles. The van der Waals surface area contributed by atoms with E-state index in [1.165, 1.54) is 12.1 Å². The van der Waals surface area contributed by atoms with Crippen molar-refractivity contribution in [1.82, 2.24) is 0 Å². The summed E-state index contributed by atoms with van der Waals surface area (Å²) in [5.41, 5.74) is -0.219. The number of nitrogens with zero attached hydrogens (tertiary/aromatic N) is 2. The minimum atomic E-state index is -4.62. The fourth-order valence-electron chi connectivity index (χ4n) is 3.34. The Kier molecular flexibility index (Phi) is 8.79. The van der Waals surface area contributed by atoms with Gasteiger partial charge in [-0.1, -0.05) is 35.5 Å².